The van der Waals surface area contributed by atoms with E-state index >= 15 is 0 Å². The summed E-state index contributed by atoms with van der Waals surface area (Å²) in [5.41, 5.74) is 2.34. The maximum atomic E-state index is 13.0. The van der Waals surface area contributed by atoms with Gasteiger partial charge in [-0.15, -0.1) is 11.3 Å². The third-order valence-corrected chi connectivity index (χ3v) is 7.04. The average Bonchev–Trinajstić information content (AvgIpc) is 3.33. The maximum absolute atomic E-state index is 13.0. The van der Waals surface area contributed by atoms with Crippen LogP contribution in [-0.4, -0.2) is 56.5 Å². The zero-order valence-electron chi connectivity index (χ0n) is 21.4. The minimum absolute atomic E-state index is 0.207. The van der Waals surface area contributed by atoms with E-state index in [9.17, 15) is 19.5 Å². The maximum Gasteiger partial charge on any atom is 0.408 e. The molecule has 0 aliphatic rings. The van der Waals surface area contributed by atoms with Crippen LogP contribution in [0.15, 0.2) is 60.0 Å². The van der Waals surface area contributed by atoms with E-state index in [1.165, 1.54) is 16.2 Å². The number of thioether (sulfide) groups is 1. The molecule has 0 unspecified atom stereocenters. The Morgan fingerprint density at radius 2 is 1.76 bits per heavy atom. The summed E-state index contributed by atoms with van der Waals surface area (Å²) >= 11 is 2.93. The van der Waals surface area contributed by atoms with E-state index in [1.54, 1.807) is 36.0 Å². The number of carbonyl (C=O) groups excluding carboxylic acids is 2. The van der Waals surface area contributed by atoms with Crippen molar-refractivity contribution in [2.75, 3.05) is 17.3 Å². The van der Waals surface area contributed by atoms with Crippen LogP contribution < -0.4 is 10.6 Å². The second-order valence-electron chi connectivity index (χ2n) is 9.44. The van der Waals surface area contributed by atoms with Crippen molar-refractivity contribution in [2.24, 2.45) is 0 Å². The normalized spacial score (nSPS) is 12.0. The van der Waals surface area contributed by atoms with E-state index in [0.29, 0.717) is 22.9 Å². The first-order valence-corrected chi connectivity index (χ1v) is 14.1. The average molecular weight is 541 g/mol. The van der Waals surface area contributed by atoms with E-state index in [4.69, 9.17) is 0 Å². The summed E-state index contributed by atoms with van der Waals surface area (Å²) in [7, 11) is 0. The molecule has 0 spiro atoms. The molecule has 3 N–H and O–H groups in total. The Morgan fingerprint density at radius 1 is 1.08 bits per heavy atom. The molecule has 0 fully saturated rings. The number of rotatable bonds is 10. The van der Waals surface area contributed by atoms with E-state index in [2.05, 4.69) is 15.6 Å². The number of hydrogen-bond acceptors (Lipinski definition) is 6. The fraction of sp³-hybridized carbons (Fsp3) is 0.333. The molecule has 0 saturated carbocycles. The SMILES string of the molecule is CSCC[C@H](NC(=O)c1ccc(CN(C(=O)O)C(C)(C)C)cc1)C(=O)Nc1nc(-c2ccccc2)cs1. The van der Waals surface area contributed by atoms with Crippen LogP contribution >= 0.6 is 23.1 Å². The van der Waals surface area contributed by atoms with Crippen molar-refractivity contribution in [1.82, 2.24) is 15.2 Å². The first kappa shape index (κ1) is 28.2. The molecule has 3 aromatic rings. The number of carbonyl (C=O) groups is 3. The Hall–Kier alpha value is -3.37. The van der Waals surface area contributed by atoms with Gasteiger partial charge < -0.3 is 15.7 Å². The van der Waals surface area contributed by atoms with Crippen LogP contribution in [0.1, 0.15) is 43.1 Å². The molecule has 3 amide bonds. The lowest BCUT2D eigenvalue weighted by Gasteiger charge is -2.33. The number of aromatic nitrogens is 1. The van der Waals surface area contributed by atoms with Crippen LogP contribution in [0.5, 0.6) is 0 Å². The van der Waals surface area contributed by atoms with Crippen LogP contribution in [0, 0.1) is 0 Å². The highest BCUT2D eigenvalue weighted by Gasteiger charge is 2.26. The quantitative estimate of drug-likeness (QED) is 0.310. The molecule has 0 aliphatic carbocycles. The largest absolute Gasteiger partial charge is 0.465 e. The topological polar surface area (TPSA) is 112 Å². The van der Waals surface area contributed by atoms with Crippen molar-refractivity contribution in [3.63, 3.8) is 0 Å². The molecule has 196 valence electrons. The molecule has 1 heterocycles. The van der Waals surface area contributed by atoms with Crippen molar-refractivity contribution in [3.8, 4) is 11.3 Å². The summed E-state index contributed by atoms with van der Waals surface area (Å²) in [5.74, 6) is 0.000476. The van der Waals surface area contributed by atoms with Gasteiger partial charge in [0.05, 0.1) is 5.69 Å². The Balaban J connectivity index is 1.66. The summed E-state index contributed by atoms with van der Waals surface area (Å²) in [4.78, 5) is 43.5. The third kappa shape index (κ3) is 8.06. The lowest BCUT2D eigenvalue weighted by Crippen LogP contribution is -2.44. The first-order valence-electron chi connectivity index (χ1n) is 11.8. The molecule has 0 radical (unpaired) electrons. The lowest BCUT2D eigenvalue weighted by molar-refractivity contribution is -0.118. The highest BCUT2D eigenvalue weighted by molar-refractivity contribution is 7.98. The molecular weight excluding hydrogens is 508 g/mol. The van der Waals surface area contributed by atoms with E-state index in [0.717, 1.165) is 16.8 Å². The van der Waals surface area contributed by atoms with Crippen molar-refractivity contribution >= 4 is 46.1 Å². The number of nitrogens with one attached hydrogen (secondary N) is 2. The monoisotopic (exact) mass is 540 g/mol. The highest BCUT2D eigenvalue weighted by atomic mass is 32.2. The van der Waals surface area contributed by atoms with Gasteiger partial charge in [-0.25, -0.2) is 9.78 Å². The van der Waals surface area contributed by atoms with Crippen molar-refractivity contribution < 1.29 is 19.5 Å². The standard InChI is InChI=1S/C27H32N4O4S2/c1-27(2,3)31(26(34)35)16-18-10-12-20(13-11-18)23(32)28-21(14-15-36-4)24(33)30-25-29-22(17-37-25)19-8-6-5-7-9-19/h5-13,17,21H,14-16H2,1-4H3,(H,28,32)(H,34,35)(H,29,30,33)/t21-/m0/s1. The summed E-state index contributed by atoms with van der Waals surface area (Å²) in [6, 6.07) is 15.7. The van der Waals surface area contributed by atoms with E-state index < -0.39 is 17.7 Å². The Bertz CT molecular complexity index is 1210. The molecule has 1 atom stereocenters. The first-order chi connectivity index (χ1) is 17.6. The van der Waals surface area contributed by atoms with Crippen molar-refractivity contribution in [3.05, 3.63) is 71.1 Å². The minimum Gasteiger partial charge on any atom is -0.465 e. The van der Waals surface area contributed by atoms with Gasteiger partial charge in [0.1, 0.15) is 6.04 Å². The van der Waals surface area contributed by atoms with Crippen LogP contribution in [0.3, 0.4) is 0 Å². The molecule has 10 heteroatoms. The summed E-state index contributed by atoms with van der Waals surface area (Å²) in [5, 5.41) is 17.5. The highest BCUT2D eigenvalue weighted by Crippen LogP contribution is 2.25. The number of hydrogen-bond donors (Lipinski definition) is 3. The van der Waals surface area contributed by atoms with Gasteiger partial charge in [-0.3, -0.25) is 14.5 Å². The molecule has 0 aliphatic heterocycles. The van der Waals surface area contributed by atoms with Gasteiger partial charge in [-0.1, -0.05) is 42.5 Å². The molecular formula is C27H32N4O4S2. The molecule has 3 rings (SSSR count). The number of benzene rings is 2. The van der Waals surface area contributed by atoms with Gasteiger partial charge in [-0.05, 0) is 56.9 Å². The number of carboxylic acid groups (broad SMARTS) is 1. The molecule has 1 aromatic heterocycles. The fourth-order valence-corrected chi connectivity index (χ4v) is 4.74. The van der Waals surface area contributed by atoms with Crippen molar-refractivity contribution in [2.45, 2.75) is 45.3 Å². The molecule has 0 bridgehead atoms. The number of thiazole rings is 1. The molecule has 2 aromatic carbocycles. The minimum atomic E-state index is -1.01. The van der Waals surface area contributed by atoms with E-state index in [-0.39, 0.29) is 18.4 Å². The number of amides is 3. The van der Waals surface area contributed by atoms with Crippen LogP contribution in [0.4, 0.5) is 9.93 Å². The third-order valence-electron chi connectivity index (χ3n) is 5.63. The van der Waals surface area contributed by atoms with Gasteiger partial charge in [0.25, 0.3) is 5.91 Å². The number of nitrogens with zero attached hydrogens (tertiary/aromatic N) is 2. The van der Waals surface area contributed by atoms with Gasteiger partial charge in [-0.2, -0.15) is 11.8 Å². The van der Waals surface area contributed by atoms with Crippen molar-refractivity contribution in [1.29, 1.82) is 0 Å². The molecule has 0 saturated heterocycles. The predicted octanol–water partition coefficient (Wildman–Crippen LogP) is 5.58. The van der Waals surface area contributed by atoms with Crippen LogP contribution in [0.2, 0.25) is 0 Å². The fourth-order valence-electron chi connectivity index (χ4n) is 3.55. The van der Waals surface area contributed by atoms with Crippen LogP contribution in [-0.2, 0) is 11.3 Å². The summed E-state index contributed by atoms with van der Waals surface area (Å²) in [6.45, 7) is 5.70. The Kier molecular flexibility index (Phi) is 9.71. The van der Waals surface area contributed by atoms with Gasteiger partial charge in [0.2, 0.25) is 5.91 Å². The zero-order valence-corrected chi connectivity index (χ0v) is 23.0. The lowest BCUT2D eigenvalue weighted by atomic mass is 10.0. The van der Waals surface area contributed by atoms with Gasteiger partial charge >= 0.3 is 6.09 Å². The van der Waals surface area contributed by atoms with E-state index in [1.807, 2.05) is 62.7 Å². The second kappa shape index (κ2) is 12.7. The summed E-state index contributed by atoms with van der Waals surface area (Å²) in [6.07, 6.45) is 1.40. The summed E-state index contributed by atoms with van der Waals surface area (Å²) < 4.78 is 0. The number of anilines is 1. The van der Waals surface area contributed by atoms with Gasteiger partial charge in [0, 0.05) is 28.6 Å². The Morgan fingerprint density at radius 3 is 2.35 bits per heavy atom. The smallest absolute Gasteiger partial charge is 0.408 e. The Labute approximate surface area is 225 Å². The molecule has 37 heavy (non-hydrogen) atoms. The second-order valence-corrected chi connectivity index (χ2v) is 11.3. The predicted molar refractivity (Wildman–Crippen MR) is 150 cm³/mol. The zero-order chi connectivity index (χ0) is 27.0. The molecule has 8 nitrogen and oxygen atoms in total. The van der Waals surface area contributed by atoms with Crippen LogP contribution in [0.25, 0.3) is 11.3 Å². The van der Waals surface area contributed by atoms with Gasteiger partial charge in [0.15, 0.2) is 5.13 Å².